The number of rotatable bonds is 7. The van der Waals surface area contributed by atoms with Crippen molar-refractivity contribution >= 4 is 17.4 Å². The van der Waals surface area contributed by atoms with Crippen LogP contribution in [-0.4, -0.2) is 11.7 Å². The summed E-state index contributed by atoms with van der Waals surface area (Å²) in [5, 5.41) is 3.02. The molecule has 0 aliphatic rings. The maximum Gasteiger partial charge on any atom is 0.224 e. The third-order valence-electron chi connectivity index (χ3n) is 4.09. The molecule has 126 valence electrons. The fraction of sp³-hybridized carbons (Fsp3) is 0.333. The quantitative estimate of drug-likeness (QED) is 0.720. The van der Waals surface area contributed by atoms with Crippen LogP contribution in [0.5, 0.6) is 0 Å². The van der Waals surface area contributed by atoms with Crippen LogP contribution in [0.15, 0.2) is 48.5 Å². The van der Waals surface area contributed by atoms with Gasteiger partial charge in [0.25, 0.3) is 0 Å². The molecule has 0 fully saturated rings. The molecule has 3 nitrogen and oxygen atoms in total. The zero-order valence-electron chi connectivity index (χ0n) is 14.6. The van der Waals surface area contributed by atoms with Crippen LogP contribution < -0.4 is 5.32 Å². The van der Waals surface area contributed by atoms with E-state index in [0.717, 1.165) is 16.8 Å². The third-order valence-corrected chi connectivity index (χ3v) is 4.09. The summed E-state index contributed by atoms with van der Waals surface area (Å²) in [4.78, 5) is 24.3. The monoisotopic (exact) mass is 323 g/mol. The SMILES string of the molecule is Cc1cccc(C(C)C)c1NC(=O)CCCC(=O)c1ccccc1. The molecular formula is C21H25NO2. The predicted octanol–water partition coefficient (Wildman–Crippen LogP) is 5.11. The third kappa shape index (κ3) is 4.79. The van der Waals surface area contributed by atoms with Crippen molar-refractivity contribution in [1.29, 1.82) is 0 Å². The number of Topliss-reactive ketones (excluding diaryl/α,β-unsaturated/α-hetero) is 1. The predicted molar refractivity (Wildman–Crippen MR) is 98.5 cm³/mol. The lowest BCUT2D eigenvalue weighted by molar-refractivity contribution is -0.116. The first-order valence-electron chi connectivity index (χ1n) is 8.46. The number of ketones is 1. The molecule has 0 atom stereocenters. The first-order chi connectivity index (χ1) is 11.5. The molecule has 0 heterocycles. The molecule has 0 unspecified atom stereocenters. The van der Waals surface area contributed by atoms with Crippen LogP contribution in [-0.2, 0) is 4.79 Å². The van der Waals surface area contributed by atoms with Crippen LogP contribution in [0.3, 0.4) is 0 Å². The number of benzene rings is 2. The molecule has 0 saturated carbocycles. The molecule has 2 aromatic carbocycles. The molecule has 2 rings (SSSR count). The Bertz CT molecular complexity index is 705. The minimum Gasteiger partial charge on any atom is -0.326 e. The number of hydrogen-bond donors (Lipinski definition) is 1. The normalized spacial score (nSPS) is 10.7. The van der Waals surface area contributed by atoms with Crippen LogP contribution in [0, 0.1) is 6.92 Å². The first kappa shape index (κ1) is 17.9. The highest BCUT2D eigenvalue weighted by molar-refractivity contribution is 5.97. The van der Waals surface area contributed by atoms with Crippen LogP contribution in [0.25, 0.3) is 0 Å². The molecule has 24 heavy (non-hydrogen) atoms. The van der Waals surface area contributed by atoms with Gasteiger partial charge in [-0.25, -0.2) is 0 Å². The lowest BCUT2D eigenvalue weighted by Gasteiger charge is -2.16. The second-order valence-corrected chi connectivity index (χ2v) is 6.38. The smallest absolute Gasteiger partial charge is 0.224 e. The van der Waals surface area contributed by atoms with E-state index in [4.69, 9.17) is 0 Å². The van der Waals surface area contributed by atoms with Gasteiger partial charge >= 0.3 is 0 Å². The number of aryl methyl sites for hydroxylation is 1. The number of para-hydroxylation sites is 1. The van der Waals surface area contributed by atoms with Crippen molar-refractivity contribution < 1.29 is 9.59 Å². The molecule has 0 bridgehead atoms. The molecule has 0 aromatic heterocycles. The Morgan fingerprint density at radius 3 is 2.33 bits per heavy atom. The number of hydrogen-bond acceptors (Lipinski definition) is 2. The van der Waals surface area contributed by atoms with Crippen molar-refractivity contribution in [3.63, 3.8) is 0 Å². The average Bonchev–Trinajstić information content (AvgIpc) is 2.57. The van der Waals surface area contributed by atoms with E-state index in [2.05, 4.69) is 19.2 Å². The van der Waals surface area contributed by atoms with E-state index in [1.54, 1.807) is 0 Å². The van der Waals surface area contributed by atoms with Gasteiger partial charge in [-0.05, 0) is 30.4 Å². The van der Waals surface area contributed by atoms with Crippen molar-refractivity contribution in [2.75, 3.05) is 5.32 Å². The zero-order chi connectivity index (χ0) is 17.5. The van der Waals surface area contributed by atoms with Crippen molar-refractivity contribution in [2.24, 2.45) is 0 Å². The molecule has 1 N–H and O–H groups in total. The molecule has 0 saturated heterocycles. The van der Waals surface area contributed by atoms with Gasteiger partial charge in [0.1, 0.15) is 0 Å². The van der Waals surface area contributed by atoms with E-state index < -0.39 is 0 Å². The Morgan fingerprint density at radius 2 is 1.67 bits per heavy atom. The number of anilines is 1. The zero-order valence-corrected chi connectivity index (χ0v) is 14.6. The minimum atomic E-state index is -0.0351. The van der Waals surface area contributed by atoms with Crippen molar-refractivity contribution in [3.05, 3.63) is 65.2 Å². The van der Waals surface area contributed by atoms with E-state index in [0.29, 0.717) is 30.7 Å². The van der Waals surface area contributed by atoms with Crippen LogP contribution >= 0.6 is 0 Å². The second-order valence-electron chi connectivity index (χ2n) is 6.38. The maximum atomic E-state index is 12.2. The van der Waals surface area contributed by atoms with Crippen molar-refractivity contribution in [2.45, 2.75) is 46.0 Å². The van der Waals surface area contributed by atoms with Crippen LogP contribution in [0.1, 0.15) is 60.5 Å². The molecular weight excluding hydrogens is 298 g/mol. The summed E-state index contributed by atoms with van der Waals surface area (Å²) in [6.07, 6.45) is 1.30. The molecule has 0 spiro atoms. The average molecular weight is 323 g/mol. The highest BCUT2D eigenvalue weighted by atomic mass is 16.1. The van der Waals surface area contributed by atoms with Crippen molar-refractivity contribution in [3.8, 4) is 0 Å². The Morgan fingerprint density at radius 1 is 0.958 bits per heavy atom. The highest BCUT2D eigenvalue weighted by Gasteiger charge is 2.12. The summed E-state index contributed by atoms with van der Waals surface area (Å²) in [5.74, 6) is 0.397. The van der Waals surface area contributed by atoms with Gasteiger partial charge in [0.15, 0.2) is 5.78 Å². The number of amides is 1. The van der Waals surface area contributed by atoms with Gasteiger partial charge in [0.05, 0.1) is 0 Å². The maximum absolute atomic E-state index is 12.2. The summed E-state index contributed by atoms with van der Waals surface area (Å²) >= 11 is 0. The van der Waals surface area contributed by atoms with E-state index in [9.17, 15) is 9.59 Å². The molecule has 0 aliphatic heterocycles. The molecule has 2 aromatic rings. The van der Waals surface area contributed by atoms with Crippen LogP contribution in [0.4, 0.5) is 5.69 Å². The standard InChI is InChI=1S/C21H25NO2/c1-15(2)18-12-7-9-16(3)21(18)22-20(24)14-8-13-19(23)17-10-5-4-6-11-17/h4-7,9-12,15H,8,13-14H2,1-3H3,(H,22,24). The fourth-order valence-corrected chi connectivity index (χ4v) is 2.72. The van der Waals surface area contributed by atoms with Crippen molar-refractivity contribution in [1.82, 2.24) is 0 Å². The summed E-state index contributed by atoms with van der Waals surface area (Å²) in [7, 11) is 0. The first-order valence-corrected chi connectivity index (χ1v) is 8.46. The van der Waals surface area contributed by atoms with Gasteiger partial charge in [0.2, 0.25) is 5.91 Å². The van der Waals surface area contributed by atoms with Gasteiger partial charge in [-0.1, -0.05) is 62.4 Å². The van der Waals surface area contributed by atoms with E-state index in [1.807, 2.05) is 55.5 Å². The van der Waals surface area contributed by atoms with E-state index >= 15 is 0 Å². The minimum absolute atomic E-state index is 0.0351. The highest BCUT2D eigenvalue weighted by Crippen LogP contribution is 2.27. The van der Waals surface area contributed by atoms with E-state index in [1.165, 1.54) is 0 Å². The Balaban J connectivity index is 1.89. The van der Waals surface area contributed by atoms with Gasteiger partial charge in [-0.2, -0.15) is 0 Å². The lowest BCUT2D eigenvalue weighted by atomic mass is 9.98. The molecule has 0 radical (unpaired) electrons. The molecule has 3 heteroatoms. The Kier molecular flexibility index (Phi) is 6.30. The summed E-state index contributed by atoms with van der Waals surface area (Å²) < 4.78 is 0. The van der Waals surface area contributed by atoms with Gasteiger partial charge in [-0.15, -0.1) is 0 Å². The summed E-state index contributed by atoms with van der Waals surface area (Å²) in [5.41, 5.74) is 3.82. The largest absolute Gasteiger partial charge is 0.326 e. The molecule has 0 aliphatic carbocycles. The Hall–Kier alpha value is -2.42. The van der Waals surface area contributed by atoms with E-state index in [-0.39, 0.29) is 11.7 Å². The lowest BCUT2D eigenvalue weighted by Crippen LogP contribution is -2.14. The second kappa shape index (κ2) is 8.44. The van der Waals surface area contributed by atoms with Gasteiger partial charge < -0.3 is 5.32 Å². The Labute approximate surface area is 144 Å². The summed E-state index contributed by atoms with van der Waals surface area (Å²) in [6, 6.07) is 15.3. The number of carbonyl (C=O) groups excluding carboxylic acids is 2. The number of nitrogens with one attached hydrogen (secondary N) is 1. The van der Waals surface area contributed by atoms with Crippen LogP contribution in [0.2, 0.25) is 0 Å². The van der Waals surface area contributed by atoms with Gasteiger partial charge in [0, 0.05) is 24.1 Å². The topological polar surface area (TPSA) is 46.2 Å². The summed E-state index contributed by atoms with van der Waals surface area (Å²) in [6.45, 7) is 6.23. The number of carbonyl (C=O) groups is 2. The fourth-order valence-electron chi connectivity index (χ4n) is 2.72. The van der Waals surface area contributed by atoms with Gasteiger partial charge in [-0.3, -0.25) is 9.59 Å². The molecule has 1 amide bonds.